The van der Waals surface area contributed by atoms with E-state index in [1.165, 1.54) is 17.0 Å². The van der Waals surface area contributed by atoms with Crippen molar-refractivity contribution in [1.29, 1.82) is 0 Å². The number of benzene rings is 2. The summed E-state index contributed by atoms with van der Waals surface area (Å²) < 4.78 is 0. The topological polar surface area (TPSA) is 99.0 Å². The first kappa shape index (κ1) is 23.2. The lowest BCUT2D eigenvalue weighted by atomic mass is 10.2. The molecule has 0 aliphatic carbocycles. The van der Waals surface area contributed by atoms with E-state index in [1.54, 1.807) is 19.2 Å². The highest BCUT2D eigenvalue weighted by atomic mass is 16.6. The SMILES string of the molecule is Cc1ccc(NC(=O)CN(C)C(=O)[C@H](C)N2CCN(c3ccc([N+](=O)[O-])cc3)CC2)cc1. The molecule has 9 nitrogen and oxygen atoms in total. The number of carbonyl (C=O) groups excluding carboxylic acids is 2. The van der Waals surface area contributed by atoms with Crippen molar-refractivity contribution < 1.29 is 14.5 Å². The van der Waals surface area contributed by atoms with Crippen LogP contribution in [0.4, 0.5) is 17.1 Å². The fourth-order valence-electron chi connectivity index (χ4n) is 3.76. The Hall–Kier alpha value is -3.46. The van der Waals surface area contributed by atoms with Crippen LogP contribution in [-0.4, -0.2) is 72.4 Å². The highest BCUT2D eigenvalue weighted by Gasteiger charge is 2.28. The highest BCUT2D eigenvalue weighted by Crippen LogP contribution is 2.21. The molecule has 2 aromatic rings. The Morgan fingerprint density at radius 1 is 1.06 bits per heavy atom. The molecule has 0 radical (unpaired) electrons. The Morgan fingerprint density at radius 3 is 2.22 bits per heavy atom. The minimum atomic E-state index is -0.410. The van der Waals surface area contributed by atoms with Crippen molar-refractivity contribution in [2.75, 3.05) is 50.0 Å². The Kier molecular flexibility index (Phi) is 7.42. The highest BCUT2D eigenvalue weighted by molar-refractivity contribution is 5.95. The van der Waals surface area contributed by atoms with Gasteiger partial charge < -0.3 is 15.1 Å². The second-order valence-electron chi connectivity index (χ2n) is 8.08. The van der Waals surface area contributed by atoms with Gasteiger partial charge in [-0.1, -0.05) is 17.7 Å². The van der Waals surface area contributed by atoms with Crippen molar-refractivity contribution >= 4 is 28.9 Å². The van der Waals surface area contributed by atoms with E-state index >= 15 is 0 Å². The lowest BCUT2D eigenvalue weighted by Crippen LogP contribution is -2.54. The maximum Gasteiger partial charge on any atom is 0.269 e. The summed E-state index contributed by atoms with van der Waals surface area (Å²) in [6, 6.07) is 13.7. The maximum atomic E-state index is 12.9. The lowest BCUT2D eigenvalue weighted by Gasteiger charge is -2.39. The smallest absolute Gasteiger partial charge is 0.269 e. The number of nitro groups is 1. The molecule has 1 atom stereocenters. The quantitative estimate of drug-likeness (QED) is 0.526. The van der Waals surface area contributed by atoms with Gasteiger partial charge in [-0.3, -0.25) is 24.6 Å². The van der Waals surface area contributed by atoms with Gasteiger partial charge >= 0.3 is 0 Å². The summed E-state index contributed by atoms with van der Waals surface area (Å²) >= 11 is 0. The third kappa shape index (κ3) is 5.82. The van der Waals surface area contributed by atoms with E-state index in [0.717, 1.165) is 11.3 Å². The predicted molar refractivity (Wildman–Crippen MR) is 124 cm³/mol. The molecule has 170 valence electrons. The van der Waals surface area contributed by atoms with Crippen LogP contribution in [0.15, 0.2) is 48.5 Å². The Labute approximate surface area is 187 Å². The van der Waals surface area contributed by atoms with E-state index in [-0.39, 0.29) is 30.1 Å². The third-order valence-corrected chi connectivity index (χ3v) is 5.74. The first-order valence-electron chi connectivity index (χ1n) is 10.6. The minimum absolute atomic E-state index is 0.0141. The summed E-state index contributed by atoms with van der Waals surface area (Å²) in [5.41, 5.74) is 2.81. The third-order valence-electron chi connectivity index (χ3n) is 5.74. The average molecular weight is 440 g/mol. The summed E-state index contributed by atoms with van der Waals surface area (Å²) in [5, 5.41) is 13.6. The molecule has 1 saturated heterocycles. The molecule has 0 saturated carbocycles. The van der Waals surface area contributed by atoms with Crippen LogP contribution in [0.3, 0.4) is 0 Å². The maximum absolute atomic E-state index is 12.9. The van der Waals surface area contributed by atoms with Crippen molar-refractivity contribution in [1.82, 2.24) is 9.80 Å². The Morgan fingerprint density at radius 2 is 1.66 bits per heavy atom. The molecule has 2 aromatic carbocycles. The van der Waals surface area contributed by atoms with Crippen molar-refractivity contribution in [3.8, 4) is 0 Å². The van der Waals surface area contributed by atoms with Crippen molar-refractivity contribution in [2.45, 2.75) is 19.9 Å². The van der Waals surface area contributed by atoms with E-state index in [0.29, 0.717) is 31.9 Å². The van der Waals surface area contributed by atoms with Crippen LogP contribution in [-0.2, 0) is 9.59 Å². The van der Waals surface area contributed by atoms with Crippen LogP contribution in [0.2, 0.25) is 0 Å². The molecule has 1 N–H and O–H groups in total. The Balaban J connectivity index is 1.48. The molecule has 3 rings (SSSR count). The largest absolute Gasteiger partial charge is 0.369 e. The van der Waals surface area contributed by atoms with Gasteiger partial charge in [0.15, 0.2) is 0 Å². The second-order valence-corrected chi connectivity index (χ2v) is 8.08. The molecule has 1 aliphatic heterocycles. The fraction of sp³-hybridized carbons (Fsp3) is 0.391. The molecule has 1 aliphatic rings. The molecule has 0 aromatic heterocycles. The van der Waals surface area contributed by atoms with Gasteiger partial charge in [-0.15, -0.1) is 0 Å². The van der Waals surface area contributed by atoms with Gasteiger partial charge in [0.1, 0.15) is 0 Å². The van der Waals surface area contributed by atoms with Crippen LogP contribution in [0.25, 0.3) is 0 Å². The molecule has 32 heavy (non-hydrogen) atoms. The van der Waals surface area contributed by atoms with E-state index in [9.17, 15) is 19.7 Å². The zero-order chi connectivity index (χ0) is 23.3. The summed E-state index contributed by atoms with van der Waals surface area (Å²) in [6.45, 7) is 6.63. The number of anilines is 2. The number of amides is 2. The van der Waals surface area contributed by atoms with Gasteiger partial charge in [0.05, 0.1) is 17.5 Å². The van der Waals surface area contributed by atoms with Crippen LogP contribution < -0.4 is 10.2 Å². The molecule has 0 spiro atoms. The number of aryl methyl sites for hydroxylation is 1. The molecule has 9 heteroatoms. The number of likely N-dealkylation sites (N-methyl/N-ethyl adjacent to an activating group) is 1. The van der Waals surface area contributed by atoms with Gasteiger partial charge in [0.25, 0.3) is 5.69 Å². The summed E-state index contributed by atoms with van der Waals surface area (Å²) in [7, 11) is 1.64. The van der Waals surface area contributed by atoms with Crippen molar-refractivity contribution in [2.24, 2.45) is 0 Å². The number of rotatable bonds is 7. The lowest BCUT2D eigenvalue weighted by molar-refractivity contribution is -0.384. The van der Waals surface area contributed by atoms with Gasteiger partial charge in [0.2, 0.25) is 11.8 Å². The zero-order valence-corrected chi connectivity index (χ0v) is 18.7. The van der Waals surface area contributed by atoms with E-state index in [4.69, 9.17) is 0 Å². The molecule has 2 amide bonds. The number of hydrogen-bond donors (Lipinski definition) is 1. The standard InChI is InChI=1S/C23H29N5O4/c1-17-4-6-19(7-5-17)24-22(29)16-25(3)23(30)18(2)26-12-14-27(15-13-26)20-8-10-21(11-9-20)28(31)32/h4-11,18H,12-16H2,1-3H3,(H,24,29)/t18-/m0/s1. The minimum Gasteiger partial charge on any atom is -0.369 e. The summed E-state index contributed by atoms with van der Waals surface area (Å²) in [5.74, 6) is -0.340. The van der Waals surface area contributed by atoms with Crippen LogP contribution >= 0.6 is 0 Å². The number of nitrogens with one attached hydrogen (secondary N) is 1. The first-order valence-corrected chi connectivity index (χ1v) is 10.6. The summed E-state index contributed by atoms with van der Waals surface area (Å²) in [4.78, 5) is 41.3. The van der Waals surface area contributed by atoms with Gasteiger partial charge in [-0.2, -0.15) is 0 Å². The summed E-state index contributed by atoms with van der Waals surface area (Å²) in [6.07, 6.45) is 0. The number of non-ortho nitro benzene ring substituents is 1. The van der Waals surface area contributed by atoms with Crippen LogP contribution in [0.5, 0.6) is 0 Å². The normalized spacial score (nSPS) is 15.2. The predicted octanol–water partition coefficient (Wildman–Crippen LogP) is 2.51. The second kappa shape index (κ2) is 10.2. The van der Waals surface area contributed by atoms with E-state index < -0.39 is 4.92 Å². The molecule has 0 bridgehead atoms. The van der Waals surface area contributed by atoms with Crippen molar-refractivity contribution in [3.05, 3.63) is 64.2 Å². The number of hydrogen-bond acceptors (Lipinski definition) is 6. The van der Waals surface area contributed by atoms with Gasteiger partial charge in [0, 0.05) is 56.7 Å². The van der Waals surface area contributed by atoms with Crippen molar-refractivity contribution in [3.63, 3.8) is 0 Å². The van der Waals surface area contributed by atoms with Gasteiger partial charge in [-0.25, -0.2) is 0 Å². The van der Waals surface area contributed by atoms with E-state index in [2.05, 4.69) is 15.1 Å². The number of carbonyl (C=O) groups is 2. The zero-order valence-electron chi connectivity index (χ0n) is 18.7. The van der Waals surface area contributed by atoms with Crippen LogP contribution in [0, 0.1) is 17.0 Å². The number of nitro benzene ring substituents is 1. The Bertz CT molecular complexity index is 953. The van der Waals surface area contributed by atoms with E-state index in [1.807, 2.05) is 38.1 Å². The fourth-order valence-corrected chi connectivity index (χ4v) is 3.76. The molecule has 0 unspecified atom stereocenters. The van der Waals surface area contributed by atoms with Crippen LogP contribution in [0.1, 0.15) is 12.5 Å². The number of piperazine rings is 1. The molecule has 1 fully saturated rings. The molecular formula is C23H29N5O4. The molecular weight excluding hydrogens is 410 g/mol. The first-order chi connectivity index (χ1) is 15.2. The van der Waals surface area contributed by atoms with Gasteiger partial charge in [-0.05, 0) is 38.1 Å². The monoisotopic (exact) mass is 439 g/mol. The molecule has 1 heterocycles. The number of nitrogens with zero attached hydrogens (tertiary/aromatic N) is 4. The average Bonchev–Trinajstić information content (AvgIpc) is 2.79.